The van der Waals surface area contributed by atoms with Crippen LogP contribution in [-0.4, -0.2) is 49.7 Å². The van der Waals surface area contributed by atoms with Crippen molar-refractivity contribution in [2.45, 2.75) is 50.1 Å². The van der Waals surface area contributed by atoms with Crippen molar-refractivity contribution in [1.29, 1.82) is 5.26 Å². The number of aromatic nitrogens is 3. The van der Waals surface area contributed by atoms with Gasteiger partial charge in [-0.2, -0.15) is 10.4 Å². The SMILES string of the molecule is CC(C)(C)c1ccc(O[PH](=O)OC[C@H]2O[C@@](C#N)(c3ccc4c(N)ncnn34)[C@H](O)[C@@H]2O)cc1. The van der Waals surface area contributed by atoms with Gasteiger partial charge < -0.3 is 25.2 Å². The van der Waals surface area contributed by atoms with Crippen LogP contribution < -0.4 is 10.3 Å². The van der Waals surface area contributed by atoms with Crippen LogP contribution in [0.1, 0.15) is 32.0 Å². The van der Waals surface area contributed by atoms with Crippen molar-refractivity contribution in [3.63, 3.8) is 0 Å². The Morgan fingerprint density at radius 3 is 2.62 bits per heavy atom. The van der Waals surface area contributed by atoms with Crippen LogP contribution in [0.5, 0.6) is 5.75 Å². The summed E-state index contributed by atoms with van der Waals surface area (Å²) in [5.74, 6) is 0.543. The summed E-state index contributed by atoms with van der Waals surface area (Å²) in [6.45, 7) is 5.86. The van der Waals surface area contributed by atoms with E-state index in [9.17, 15) is 20.0 Å². The van der Waals surface area contributed by atoms with Gasteiger partial charge in [-0.25, -0.2) is 14.1 Å². The summed E-state index contributed by atoms with van der Waals surface area (Å²) >= 11 is 0. The highest BCUT2D eigenvalue weighted by atomic mass is 31.1. The maximum absolute atomic E-state index is 12.4. The fourth-order valence-corrected chi connectivity index (χ4v) is 4.54. The largest absolute Gasteiger partial charge is 0.426 e. The molecule has 4 rings (SSSR count). The van der Waals surface area contributed by atoms with Gasteiger partial charge in [-0.05, 0) is 35.2 Å². The Hall–Kier alpha value is -3.00. The summed E-state index contributed by atoms with van der Waals surface area (Å²) in [5, 5.41) is 35.3. The average Bonchev–Trinajstić information content (AvgIpc) is 3.34. The monoisotopic (exact) mass is 487 g/mol. The van der Waals surface area contributed by atoms with Crippen LogP contribution in [0, 0.1) is 11.3 Å². The zero-order valence-electron chi connectivity index (χ0n) is 18.9. The highest BCUT2D eigenvalue weighted by Crippen LogP contribution is 2.41. The highest BCUT2D eigenvalue weighted by Gasteiger charge is 2.57. The summed E-state index contributed by atoms with van der Waals surface area (Å²) in [4.78, 5) is 3.89. The second-order valence-electron chi connectivity index (χ2n) is 9.04. The van der Waals surface area contributed by atoms with Gasteiger partial charge in [-0.3, -0.25) is 4.52 Å². The first-order valence-electron chi connectivity index (χ1n) is 10.6. The van der Waals surface area contributed by atoms with E-state index in [1.54, 1.807) is 18.2 Å². The van der Waals surface area contributed by atoms with Crippen molar-refractivity contribution in [1.82, 2.24) is 14.6 Å². The molecule has 0 spiro atoms. The fraction of sp³-hybridized carbons (Fsp3) is 0.409. The molecule has 34 heavy (non-hydrogen) atoms. The molecule has 0 amide bonds. The molecule has 0 bridgehead atoms. The lowest BCUT2D eigenvalue weighted by Gasteiger charge is -2.24. The number of hydrogen-bond donors (Lipinski definition) is 3. The number of ether oxygens (including phenoxy) is 1. The Bertz CT molecular complexity index is 1250. The van der Waals surface area contributed by atoms with E-state index in [1.165, 1.54) is 16.9 Å². The molecular weight excluding hydrogens is 461 g/mol. The van der Waals surface area contributed by atoms with E-state index in [0.29, 0.717) is 11.3 Å². The van der Waals surface area contributed by atoms with Crippen molar-refractivity contribution in [3.05, 3.63) is 54.0 Å². The van der Waals surface area contributed by atoms with Crippen LogP contribution in [0.3, 0.4) is 0 Å². The van der Waals surface area contributed by atoms with E-state index < -0.39 is 32.2 Å². The zero-order valence-corrected chi connectivity index (χ0v) is 19.9. The molecule has 1 unspecified atom stereocenters. The number of benzene rings is 1. The van der Waals surface area contributed by atoms with Crippen molar-refractivity contribution in [3.8, 4) is 11.8 Å². The van der Waals surface area contributed by atoms with Gasteiger partial charge in [0.15, 0.2) is 5.82 Å². The molecular formula is C22H26N5O6P. The Balaban J connectivity index is 1.46. The minimum Gasteiger partial charge on any atom is -0.426 e. The molecule has 2 aromatic heterocycles. The van der Waals surface area contributed by atoms with E-state index in [2.05, 4.69) is 30.9 Å². The van der Waals surface area contributed by atoms with E-state index in [-0.39, 0.29) is 23.5 Å². The van der Waals surface area contributed by atoms with Crippen molar-refractivity contribution in [2.75, 3.05) is 12.3 Å². The molecule has 1 aromatic carbocycles. The standard InChI is InChI=1S/C22H26N5O6P/c1-21(2,3)13-4-6-14(7-5-13)33-34(30)31-10-16-18(28)19(29)22(11-23,32-16)17-9-8-15-20(24)25-12-26-27(15)17/h4-9,12,16,18-19,28-29,34H,10H2,1-3H3,(H2,24,25,26)/t16-,18-,19-,22+/m1/s1. The molecule has 11 nitrogen and oxygen atoms in total. The number of aliphatic hydroxyl groups excluding tert-OH is 2. The first-order chi connectivity index (χ1) is 16.1. The molecule has 180 valence electrons. The predicted molar refractivity (Wildman–Crippen MR) is 122 cm³/mol. The summed E-state index contributed by atoms with van der Waals surface area (Å²) in [6, 6.07) is 12.2. The quantitative estimate of drug-likeness (QED) is 0.437. The van der Waals surface area contributed by atoms with Crippen LogP contribution in [0.15, 0.2) is 42.7 Å². The van der Waals surface area contributed by atoms with Gasteiger partial charge in [0.1, 0.15) is 42.0 Å². The number of rotatable bonds is 6. The van der Waals surface area contributed by atoms with Crippen LogP contribution in [0.4, 0.5) is 5.82 Å². The van der Waals surface area contributed by atoms with Crippen LogP contribution >= 0.6 is 8.25 Å². The molecule has 0 saturated carbocycles. The summed E-state index contributed by atoms with van der Waals surface area (Å²) < 4.78 is 30.1. The molecule has 3 heterocycles. The van der Waals surface area contributed by atoms with Gasteiger partial charge >= 0.3 is 8.25 Å². The van der Waals surface area contributed by atoms with E-state index in [0.717, 1.165) is 5.56 Å². The van der Waals surface area contributed by atoms with Gasteiger partial charge in [0.2, 0.25) is 5.60 Å². The van der Waals surface area contributed by atoms with Crippen molar-refractivity contribution >= 4 is 19.6 Å². The lowest BCUT2D eigenvalue weighted by molar-refractivity contribution is -0.0612. The second kappa shape index (κ2) is 8.98. The molecule has 1 aliphatic heterocycles. The lowest BCUT2D eigenvalue weighted by Crippen LogP contribution is -2.41. The van der Waals surface area contributed by atoms with Crippen molar-refractivity contribution in [2.24, 2.45) is 0 Å². The maximum Gasteiger partial charge on any atom is 0.367 e. The van der Waals surface area contributed by atoms with Gasteiger partial charge in [0, 0.05) is 0 Å². The van der Waals surface area contributed by atoms with Crippen LogP contribution in [0.25, 0.3) is 5.52 Å². The molecule has 5 atom stereocenters. The number of hydrogen-bond acceptors (Lipinski definition) is 10. The second-order valence-corrected chi connectivity index (χ2v) is 10.0. The third-order valence-corrected chi connectivity index (χ3v) is 6.58. The van der Waals surface area contributed by atoms with Gasteiger partial charge in [0.25, 0.3) is 0 Å². The minimum atomic E-state index is -3.00. The molecule has 12 heteroatoms. The first kappa shape index (κ1) is 24.1. The van der Waals surface area contributed by atoms with Gasteiger partial charge in [0.05, 0.1) is 12.3 Å². The average molecular weight is 487 g/mol. The molecule has 4 N–H and O–H groups in total. The maximum atomic E-state index is 12.4. The third kappa shape index (κ3) is 4.27. The fourth-order valence-electron chi connectivity index (χ4n) is 3.85. The number of nitrogens with zero attached hydrogens (tertiary/aromatic N) is 4. The van der Waals surface area contributed by atoms with E-state index >= 15 is 0 Å². The highest BCUT2D eigenvalue weighted by molar-refractivity contribution is 7.33. The molecule has 0 radical (unpaired) electrons. The van der Waals surface area contributed by atoms with Gasteiger partial charge in [-0.1, -0.05) is 32.9 Å². The minimum absolute atomic E-state index is 0.0344. The Kier molecular flexibility index (Phi) is 6.38. The Morgan fingerprint density at radius 1 is 1.26 bits per heavy atom. The first-order valence-corrected chi connectivity index (χ1v) is 11.8. The number of aliphatic hydroxyl groups is 2. The van der Waals surface area contributed by atoms with Crippen molar-refractivity contribution < 1.29 is 28.6 Å². The number of nitriles is 1. The normalized spacial score (nSPS) is 25.8. The number of fused-ring (bicyclic) bond motifs is 1. The van der Waals surface area contributed by atoms with E-state index in [1.807, 2.05) is 18.2 Å². The predicted octanol–water partition coefficient (Wildman–Crippen LogP) is 1.93. The molecule has 0 aliphatic carbocycles. The summed E-state index contributed by atoms with van der Waals surface area (Å²) in [5.41, 5.74) is 5.52. The molecule has 1 fully saturated rings. The Labute approximate surface area is 196 Å². The number of anilines is 1. The summed E-state index contributed by atoms with van der Waals surface area (Å²) in [7, 11) is -3.00. The van der Waals surface area contributed by atoms with Gasteiger partial charge in [-0.15, -0.1) is 0 Å². The zero-order chi connectivity index (χ0) is 24.7. The topological polar surface area (TPSA) is 165 Å². The van der Waals surface area contributed by atoms with Crippen LogP contribution in [-0.2, 0) is 24.8 Å². The lowest BCUT2D eigenvalue weighted by atomic mass is 9.87. The molecule has 1 aliphatic rings. The molecule has 1 saturated heterocycles. The summed E-state index contributed by atoms with van der Waals surface area (Å²) in [6.07, 6.45) is -3.08. The number of nitrogens with two attached hydrogens (primary N) is 1. The van der Waals surface area contributed by atoms with E-state index in [4.69, 9.17) is 19.5 Å². The van der Waals surface area contributed by atoms with Crippen LogP contribution in [0.2, 0.25) is 0 Å². The third-order valence-electron chi connectivity index (χ3n) is 5.77. The number of nitrogen functional groups attached to an aromatic ring is 1. The smallest absolute Gasteiger partial charge is 0.367 e. The molecule has 3 aromatic rings. The Morgan fingerprint density at radius 2 is 1.97 bits per heavy atom.